The fourth-order valence-electron chi connectivity index (χ4n) is 2.94. The molecule has 5 nitrogen and oxygen atoms in total. The maximum absolute atomic E-state index is 12.7. The minimum absolute atomic E-state index is 0.0657. The zero-order chi connectivity index (χ0) is 19.4. The Balaban J connectivity index is 1.56. The number of anilines is 1. The molecule has 10 heteroatoms. The van der Waals surface area contributed by atoms with E-state index in [1.54, 1.807) is 18.2 Å². The van der Waals surface area contributed by atoms with Gasteiger partial charge in [-0.05, 0) is 30.2 Å². The monoisotopic (exact) mass is 388 g/mol. The Hall–Kier alpha value is -2.49. The van der Waals surface area contributed by atoms with Gasteiger partial charge in [0.2, 0.25) is 5.95 Å². The molecule has 0 amide bonds. The van der Waals surface area contributed by atoms with E-state index in [0.717, 1.165) is 17.8 Å². The summed E-state index contributed by atoms with van der Waals surface area (Å²) in [6, 6.07) is 7.15. The second-order valence-electron chi connectivity index (χ2n) is 6.15. The van der Waals surface area contributed by atoms with Crippen LogP contribution in [0.1, 0.15) is 17.7 Å². The Morgan fingerprint density at radius 3 is 2.81 bits per heavy atom. The van der Waals surface area contributed by atoms with E-state index in [4.69, 9.17) is 0 Å². The van der Waals surface area contributed by atoms with Crippen LogP contribution in [0.15, 0.2) is 36.5 Å². The molecule has 2 aromatic rings. The number of halogens is 5. The predicted molar refractivity (Wildman–Crippen MR) is 87.4 cm³/mol. The van der Waals surface area contributed by atoms with Gasteiger partial charge in [-0.2, -0.15) is 22.0 Å². The number of likely N-dealkylation sites (tertiary alicyclic amines) is 1. The third-order valence-corrected chi connectivity index (χ3v) is 4.08. The third-order valence-electron chi connectivity index (χ3n) is 4.08. The molecule has 0 bridgehead atoms. The summed E-state index contributed by atoms with van der Waals surface area (Å²) >= 11 is 0. The van der Waals surface area contributed by atoms with E-state index in [2.05, 4.69) is 24.9 Å². The summed E-state index contributed by atoms with van der Waals surface area (Å²) in [5.41, 5.74) is -0.185. The lowest BCUT2D eigenvalue weighted by Gasteiger charge is -2.17. The van der Waals surface area contributed by atoms with Gasteiger partial charge in [0.1, 0.15) is 11.4 Å². The number of hydrogen-bond acceptors (Lipinski definition) is 5. The maximum Gasteiger partial charge on any atom is 0.433 e. The highest BCUT2D eigenvalue weighted by atomic mass is 19.4. The molecular weight excluding hydrogens is 371 g/mol. The Morgan fingerprint density at radius 2 is 2.07 bits per heavy atom. The van der Waals surface area contributed by atoms with Crippen LogP contribution in [0.5, 0.6) is 5.75 Å². The Morgan fingerprint density at radius 1 is 1.26 bits per heavy atom. The topological polar surface area (TPSA) is 50.3 Å². The lowest BCUT2D eigenvalue weighted by molar-refractivity contribution is -0.141. The van der Waals surface area contributed by atoms with Crippen LogP contribution in [0.4, 0.5) is 27.9 Å². The van der Waals surface area contributed by atoms with Crippen molar-refractivity contribution in [2.45, 2.75) is 31.8 Å². The second kappa shape index (κ2) is 8.03. The minimum atomic E-state index is -4.52. The molecule has 0 radical (unpaired) electrons. The quantitative estimate of drug-likeness (QED) is 0.764. The van der Waals surface area contributed by atoms with E-state index in [-0.39, 0.29) is 17.7 Å². The first-order valence-corrected chi connectivity index (χ1v) is 8.22. The molecule has 1 aliphatic heterocycles. The first-order valence-electron chi connectivity index (χ1n) is 8.22. The van der Waals surface area contributed by atoms with Gasteiger partial charge < -0.3 is 10.1 Å². The van der Waals surface area contributed by atoms with E-state index in [0.29, 0.717) is 26.1 Å². The van der Waals surface area contributed by atoms with E-state index in [1.165, 1.54) is 6.07 Å². The number of rotatable bonds is 6. The van der Waals surface area contributed by atoms with Gasteiger partial charge >= 0.3 is 12.8 Å². The first-order chi connectivity index (χ1) is 12.8. The standard InChI is InChI=1S/C17H17F5N4O/c18-15(19)27-13-3-1-2-11(8-13)9-26-7-5-12(10-26)24-16-23-6-4-14(25-16)17(20,21)22/h1-4,6,8,12,15H,5,7,9-10H2,(H,23,24,25). The summed E-state index contributed by atoms with van der Waals surface area (Å²) in [5.74, 6) is 0.0257. The molecule has 1 unspecified atom stereocenters. The molecule has 146 valence electrons. The van der Waals surface area contributed by atoms with Crippen LogP contribution in [0.25, 0.3) is 0 Å². The molecule has 0 spiro atoms. The van der Waals surface area contributed by atoms with Crippen molar-refractivity contribution < 1.29 is 26.7 Å². The number of aromatic nitrogens is 2. The van der Waals surface area contributed by atoms with Gasteiger partial charge in [0, 0.05) is 31.9 Å². The highest BCUT2D eigenvalue weighted by molar-refractivity contribution is 5.30. The minimum Gasteiger partial charge on any atom is -0.435 e. The molecule has 1 aromatic carbocycles. The van der Waals surface area contributed by atoms with Gasteiger partial charge in [-0.1, -0.05) is 12.1 Å². The average Bonchev–Trinajstić information content (AvgIpc) is 3.01. The van der Waals surface area contributed by atoms with E-state index < -0.39 is 18.5 Å². The van der Waals surface area contributed by atoms with Crippen molar-refractivity contribution in [2.75, 3.05) is 18.4 Å². The summed E-state index contributed by atoms with van der Waals surface area (Å²) in [4.78, 5) is 9.40. The van der Waals surface area contributed by atoms with Crippen LogP contribution in [-0.4, -0.2) is 40.6 Å². The lowest BCUT2D eigenvalue weighted by atomic mass is 10.2. The fourth-order valence-corrected chi connectivity index (χ4v) is 2.94. The molecule has 27 heavy (non-hydrogen) atoms. The number of benzene rings is 1. The van der Waals surface area contributed by atoms with Crippen LogP contribution in [0, 0.1) is 0 Å². The van der Waals surface area contributed by atoms with Gasteiger partial charge in [-0.25, -0.2) is 9.97 Å². The Kier molecular flexibility index (Phi) is 5.73. The summed E-state index contributed by atoms with van der Waals surface area (Å²) < 4.78 is 67.1. The van der Waals surface area contributed by atoms with Crippen molar-refractivity contribution in [3.05, 3.63) is 47.8 Å². The lowest BCUT2D eigenvalue weighted by Crippen LogP contribution is -2.27. The zero-order valence-corrected chi connectivity index (χ0v) is 14.1. The van der Waals surface area contributed by atoms with Crippen LogP contribution in [0.2, 0.25) is 0 Å². The van der Waals surface area contributed by atoms with Crippen molar-refractivity contribution in [2.24, 2.45) is 0 Å². The second-order valence-corrected chi connectivity index (χ2v) is 6.15. The van der Waals surface area contributed by atoms with Crippen molar-refractivity contribution in [3.8, 4) is 5.75 Å². The molecule has 1 saturated heterocycles. The summed E-state index contributed by atoms with van der Waals surface area (Å²) in [6.07, 6.45) is -2.75. The molecular formula is C17H17F5N4O. The van der Waals surface area contributed by atoms with Crippen molar-refractivity contribution in [1.29, 1.82) is 0 Å². The highest BCUT2D eigenvalue weighted by Crippen LogP contribution is 2.28. The van der Waals surface area contributed by atoms with Crippen molar-refractivity contribution >= 4 is 5.95 Å². The number of nitrogens with zero attached hydrogens (tertiary/aromatic N) is 3. The number of hydrogen-bond donors (Lipinski definition) is 1. The number of ether oxygens (including phenoxy) is 1. The van der Waals surface area contributed by atoms with Gasteiger partial charge in [-0.15, -0.1) is 0 Å². The molecule has 0 aliphatic carbocycles. The predicted octanol–water partition coefficient (Wildman–Crippen LogP) is 3.78. The molecule has 1 N–H and O–H groups in total. The molecule has 0 saturated carbocycles. The van der Waals surface area contributed by atoms with Crippen LogP contribution < -0.4 is 10.1 Å². The highest BCUT2D eigenvalue weighted by Gasteiger charge is 2.33. The van der Waals surface area contributed by atoms with Crippen LogP contribution >= 0.6 is 0 Å². The smallest absolute Gasteiger partial charge is 0.433 e. The first kappa shape index (κ1) is 19.3. The van der Waals surface area contributed by atoms with Crippen molar-refractivity contribution in [3.63, 3.8) is 0 Å². The van der Waals surface area contributed by atoms with Gasteiger partial charge in [0.25, 0.3) is 0 Å². The molecule has 2 heterocycles. The molecule has 1 aliphatic rings. The van der Waals surface area contributed by atoms with Crippen LogP contribution in [-0.2, 0) is 12.7 Å². The molecule has 1 atom stereocenters. The number of alkyl halides is 5. The van der Waals surface area contributed by atoms with E-state index in [1.807, 2.05) is 0 Å². The Labute approximate surface area is 152 Å². The molecule has 1 aromatic heterocycles. The summed E-state index contributed by atoms with van der Waals surface area (Å²) in [5, 5.41) is 2.92. The SMILES string of the molecule is FC(F)Oc1cccc(CN2CCC(Nc3nccc(C(F)(F)F)n3)C2)c1. The molecule has 1 fully saturated rings. The Bertz CT molecular complexity index is 771. The summed E-state index contributed by atoms with van der Waals surface area (Å²) in [6.45, 7) is -1.09. The zero-order valence-electron chi connectivity index (χ0n) is 14.1. The average molecular weight is 388 g/mol. The number of nitrogens with one attached hydrogen (secondary N) is 1. The normalized spacial score (nSPS) is 18.1. The molecule has 3 rings (SSSR count). The van der Waals surface area contributed by atoms with Gasteiger partial charge in [-0.3, -0.25) is 4.90 Å². The van der Waals surface area contributed by atoms with Gasteiger partial charge in [0.15, 0.2) is 0 Å². The maximum atomic E-state index is 12.7. The largest absolute Gasteiger partial charge is 0.435 e. The van der Waals surface area contributed by atoms with Gasteiger partial charge in [0.05, 0.1) is 0 Å². The van der Waals surface area contributed by atoms with E-state index >= 15 is 0 Å². The van der Waals surface area contributed by atoms with Crippen LogP contribution in [0.3, 0.4) is 0 Å². The summed E-state index contributed by atoms with van der Waals surface area (Å²) in [7, 11) is 0. The van der Waals surface area contributed by atoms with E-state index in [9.17, 15) is 22.0 Å². The van der Waals surface area contributed by atoms with Crippen molar-refractivity contribution in [1.82, 2.24) is 14.9 Å². The fraction of sp³-hybridized carbons (Fsp3) is 0.412. The third kappa shape index (κ3) is 5.49.